The lowest BCUT2D eigenvalue weighted by Gasteiger charge is -2.15. The Labute approximate surface area is 122 Å². The van der Waals surface area contributed by atoms with E-state index in [0.717, 1.165) is 16.4 Å². The first-order valence-corrected chi connectivity index (χ1v) is 7.38. The first-order valence-electron chi connectivity index (χ1n) is 6.50. The third kappa shape index (κ3) is 3.36. The molecule has 0 radical (unpaired) electrons. The standard InChI is InChI=1S/C15H18N2O2S/c1-9(2)12-6-4-5-10(3)14(12)17-15-16-11(8-20-15)7-13(18)19/h4-6,8-9H,7H2,1-3H3,(H,16,17)(H,18,19). The minimum absolute atomic E-state index is 0.0387. The monoisotopic (exact) mass is 290 g/mol. The Hall–Kier alpha value is -1.88. The van der Waals surface area contributed by atoms with Crippen LogP contribution in [-0.2, 0) is 11.2 Å². The zero-order valence-corrected chi connectivity index (χ0v) is 12.6. The van der Waals surface area contributed by atoms with Gasteiger partial charge in [0, 0.05) is 11.1 Å². The topological polar surface area (TPSA) is 62.2 Å². The van der Waals surface area contributed by atoms with E-state index >= 15 is 0 Å². The van der Waals surface area contributed by atoms with Crippen molar-refractivity contribution in [2.24, 2.45) is 0 Å². The van der Waals surface area contributed by atoms with Crippen LogP contribution in [0.3, 0.4) is 0 Å². The van der Waals surface area contributed by atoms with Gasteiger partial charge in [0.15, 0.2) is 5.13 Å². The first kappa shape index (κ1) is 14.5. The minimum atomic E-state index is -0.861. The lowest BCUT2D eigenvalue weighted by molar-refractivity contribution is -0.136. The fourth-order valence-corrected chi connectivity index (χ4v) is 2.76. The Kier molecular flexibility index (Phi) is 4.39. The second-order valence-electron chi connectivity index (χ2n) is 5.03. The number of benzene rings is 1. The summed E-state index contributed by atoms with van der Waals surface area (Å²) >= 11 is 1.43. The molecule has 106 valence electrons. The van der Waals surface area contributed by atoms with Crippen LogP contribution in [0.15, 0.2) is 23.6 Å². The summed E-state index contributed by atoms with van der Waals surface area (Å²) in [6, 6.07) is 6.21. The highest BCUT2D eigenvalue weighted by Gasteiger charge is 2.11. The van der Waals surface area contributed by atoms with Gasteiger partial charge in [-0.1, -0.05) is 32.0 Å². The molecule has 0 saturated carbocycles. The molecule has 0 aliphatic rings. The number of anilines is 2. The zero-order valence-electron chi connectivity index (χ0n) is 11.8. The van der Waals surface area contributed by atoms with Gasteiger partial charge in [-0.15, -0.1) is 11.3 Å². The molecule has 0 spiro atoms. The molecule has 2 rings (SSSR count). The predicted octanol–water partition coefficient (Wildman–Crippen LogP) is 3.95. The van der Waals surface area contributed by atoms with Crippen molar-refractivity contribution >= 4 is 28.1 Å². The van der Waals surface area contributed by atoms with Gasteiger partial charge in [0.25, 0.3) is 0 Å². The van der Waals surface area contributed by atoms with Gasteiger partial charge in [0.05, 0.1) is 12.1 Å². The maximum absolute atomic E-state index is 10.7. The van der Waals surface area contributed by atoms with Crippen LogP contribution in [0.2, 0.25) is 0 Å². The maximum Gasteiger partial charge on any atom is 0.309 e. The van der Waals surface area contributed by atoms with Crippen LogP contribution in [-0.4, -0.2) is 16.1 Å². The van der Waals surface area contributed by atoms with Crippen LogP contribution in [0.1, 0.15) is 36.6 Å². The largest absolute Gasteiger partial charge is 0.481 e. The summed E-state index contributed by atoms with van der Waals surface area (Å²) < 4.78 is 0. The molecule has 2 N–H and O–H groups in total. The van der Waals surface area contributed by atoms with E-state index in [2.05, 4.69) is 43.2 Å². The van der Waals surface area contributed by atoms with Gasteiger partial charge in [0.2, 0.25) is 0 Å². The van der Waals surface area contributed by atoms with Crippen LogP contribution in [0, 0.1) is 6.92 Å². The molecule has 0 unspecified atom stereocenters. The molecule has 0 aliphatic carbocycles. The van der Waals surface area contributed by atoms with E-state index < -0.39 is 5.97 Å². The number of hydrogen-bond donors (Lipinski definition) is 2. The van der Waals surface area contributed by atoms with Crippen LogP contribution < -0.4 is 5.32 Å². The van der Waals surface area contributed by atoms with Crippen molar-refractivity contribution in [3.05, 3.63) is 40.4 Å². The summed E-state index contributed by atoms with van der Waals surface area (Å²) in [4.78, 5) is 15.0. The van der Waals surface area contributed by atoms with Crippen molar-refractivity contribution < 1.29 is 9.90 Å². The fraction of sp³-hybridized carbons (Fsp3) is 0.333. The van der Waals surface area contributed by atoms with Gasteiger partial charge in [0.1, 0.15) is 0 Å². The molecule has 5 heteroatoms. The molecule has 0 fully saturated rings. The third-order valence-corrected chi connectivity index (χ3v) is 3.85. The predicted molar refractivity (Wildman–Crippen MR) is 82.0 cm³/mol. The summed E-state index contributed by atoms with van der Waals surface area (Å²) in [6.45, 7) is 6.36. The molecule has 20 heavy (non-hydrogen) atoms. The van der Waals surface area contributed by atoms with Gasteiger partial charge in [-0.25, -0.2) is 4.98 Å². The van der Waals surface area contributed by atoms with Gasteiger partial charge in [-0.3, -0.25) is 4.79 Å². The van der Waals surface area contributed by atoms with Gasteiger partial charge in [-0.2, -0.15) is 0 Å². The molecule has 0 aliphatic heterocycles. The van der Waals surface area contributed by atoms with E-state index in [4.69, 9.17) is 5.11 Å². The van der Waals surface area contributed by atoms with Gasteiger partial charge < -0.3 is 10.4 Å². The highest BCUT2D eigenvalue weighted by atomic mass is 32.1. The van der Waals surface area contributed by atoms with Crippen molar-refractivity contribution in [3.8, 4) is 0 Å². The maximum atomic E-state index is 10.7. The quantitative estimate of drug-likeness (QED) is 0.875. The lowest BCUT2D eigenvalue weighted by atomic mass is 9.98. The molecule has 0 atom stereocenters. The highest BCUT2D eigenvalue weighted by molar-refractivity contribution is 7.13. The number of rotatable bonds is 5. The minimum Gasteiger partial charge on any atom is -0.481 e. The number of carboxylic acid groups (broad SMARTS) is 1. The molecule has 1 heterocycles. The number of nitrogens with zero attached hydrogens (tertiary/aromatic N) is 1. The zero-order chi connectivity index (χ0) is 14.7. The number of thiazole rings is 1. The average molecular weight is 290 g/mol. The Morgan fingerprint density at radius 2 is 2.20 bits per heavy atom. The summed E-state index contributed by atoms with van der Waals surface area (Å²) in [5.74, 6) is -0.448. The lowest BCUT2D eigenvalue weighted by Crippen LogP contribution is -2.02. The average Bonchev–Trinajstić information content (AvgIpc) is 2.78. The third-order valence-electron chi connectivity index (χ3n) is 3.04. The Bertz CT molecular complexity index is 620. The molecule has 0 bridgehead atoms. The van der Waals surface area contributed by atoms with Crippen molar-refractivity contribution in [1.82, 2.24) is 4.98 Å². The van der Waals surface area contributed by atoms with Gasteiger partial charge >= 0.3 is 5.97 Å². The number of aliphatic carboxylic acids is 1. The Morgan fingerprint density at radius 1 is 1.45 bits per heavy atom. The van der Waals surface area contributed by atoms with Crippen molar-refractivity contribution in [3.63, 3.8) is 0 Å². The van der Waals surface area contributed by atoms with Crippen molar-refractivity contribution in [1.29, 1.82) is 0 Å². The molecule has 0 saturated heterocycles. The summed E-state index contributed by atoms with van der Waals surface area (Å²) in [5, 5.41) is 14.6. The molecule has 4 nitrogen and oxygen atoms in total. The first-order chi connectivity index (χ1) is 9.47. The molecular weight excluding hydrogens is 272 g/mol. The smallest absolute Gasteiger partial charge is 0.309 e. The number of carbonyl (C=O) groups is 1. The number of hydrogen-bond acceptors (Lipinski definition) is 4. The number of carboxylic acids is 1. The molecule has 0 amide bonds. The molecule has 1 aromatic heterocycles. The van der Waals surface area contributed by atoms with Gasteiger partial charge in [-0.05, 0) is 24.0 Å². The van der Waals surface area contributed by atoms with Crippen LogP contribution >= 0.6 is 11.3 Å². The van der Waals surface area contributed by atoms with Crippen molar-refractivity contribution in [2.75, 3.05) is 5.32 Å². The van der Waals surface area contributed by atoms with Crippen LogP contribution in [0.5, 0.6) is 0 Å². The summed E-state index contributed by atoms with van der Waals surface area (Å²) in [6.07, 6.45) is -0.0387. The second-order valence-corrected chi connectivity index (χ2v) is 5.89. The molecule has 2 aromatic rings. The summed E-state index contributed by atoms with van der Waals surface area (Å²) in [7, 11) is 0. The summed E-state index contributed by atoms with van der Waals surface area (Å²) in [5.41, 5.74) is 4.05. The number of aromatic nitrogens is 1. The highest BCUT2D eigenvalue weighted by Crippen LogP contribution is 2.31. The van der Waals surface area contributed by atoms with Crippen LogP contribution in [0.25, 0.3) is 0 Å². The van der Waals surface area contributed by atoms with Crippen LogP contribution in [0.4, 0.5) is 10.8 Å². The van der Waals surface area contributed by atoms with E-state index in [1.165, 1.54) is 16.9 Å². The number of nitrogens with one attached hydrogen (secondary N) is 1. The van der Waals surface area contributed by atoms with E-state index in [9.17, 15) is 4.79 Å². The Morgan fingerprint density at radius 3 is 2.85 bits per heavy atom. The number of para-hydroxylation sites is 1. The van der Waals surface area contributed by atoms with E-state index in [1.54, 1.807) is 5.38 Å². The second kappa shape index (κ2) is 6.05. The molecule has 1 aromatic carbocycles. The van der Waals surface area contributed by atoms with E-state index in [-0.39, 0.29) is 6.42 Å². The molecular formula is C15H18N2O2S. The van der Waals surface area contributed by atoms with Crippen molar-refractivity contribution in [2.45, 2.75) is 33.1 Å². The SMILES string of the molecule is Cc1cccc(C(C)C)c1Nc1nc(CC(=O)O)cs1. The van der Waals surface area contributed by atoms with E-state index in [1.807, 2.05) is 6.07 Å². The fourth-order valence-electron chi connectivity index (χ4n) is 2.05. The Balaban J connectivity index is 2.26. The number of aryl methyl sites for hydroxylation is 1. The normalized spacial score (nSPS) is 10.8. The van der Waals surface area contributed by atoms with E-state index in [0.29, 0.717) is 11.6 Å².